The van der Waals surface area contributed by atoms with E-state index >= 15 is 0 Å². The molecule has 4 rings (SSSR count). The molecule has 0 aliphatic carbocycles. The van der Waals surface area contributed by atoms with Crippen LogP contribution >= 0.6 is 11.6 Å². The Morgan fingerprint density at radius 2 is 1.77 bits per heavy atom. The Morgan fingerprint density at radius 3 is 2.52 bits per heavy atom. The molecule has 1 aromatic heterocycles. The predicted molar refractivity (Wildman–Crippen MR) is 120 cm³/mol. The van der Waals surface area contributed by atoms with Gasteiger partial charge in [-0.3, -0.25) is 4.79 Å². The van der Waals surface area contributed by atoms with Crippen LogP contribution in [-0.2, 0) is 10.0 Å². The highest BCUT2D eigenvalue weighted by atomic mass is 35.5. The van der Waals surface area contributed by atoms with Gasteiger partial charge in [-0.1, -0.05) is 30.2 Å². The third-order valence-corrected chi connectivity index (χ3v) is 7.30. The molecule has 162 valence electrons. The molecule has 1 amide bonds. The highest BCUT2D eigenvalue weighted by Crippen LogP contribution is 2.23. The molecule has 0 saturated carbocycles. The molecular formula is C22H23ClN4O3S. The van der Waals surface area contributed by atoms with Crippen LogP contribution in [0.2, 0.25) is 5.02 Å². The Bertz CT molecular complexity index is 1220. The molecule has 2 heterocycles. The normalized spacial score (nSPS) is 15.0. The van der Waals surface area contributed by atoms with Crippen molar-refractivity contribution >= 4 is 33.3 Å². The van der Waals surface area contributed by atoms with Gasteiger partial charge in [0.25, 0.3) is 5.91 Å². The van der Waals surface area contributed by atoms with Gasteiger partial charge in [-0.2, -0.15) is 9.40 Å². The summed E-state index contributed by atoms with van der Waals surface area (Å²) in [5, 5.41) is 7.82. The van der Waals surface area contributed by atoms with E-state index in [1.165, 1.54) is 16.4 Å². The summed E-state index contributed by atoms with van der Waals surface area (Å²) in [6.07, 6.45) is 2.74. The van der Waals surface area contributed by atoms with Gasteiger partial charge in [-0.25, -0.2) is 13.1 Å². The van der Waals surface area contributed by atoms with Crippen LogP contribution in [-0.4, -0.2) is 41.5 Å². The largest absolute Gasteiger partial charge is 0.306 e. The molecule has 1 aliphatic rings. The standard InChI is InChI=1S/C22H23ClN4O3S/c1-16-13-21(27(25-16)19-9-6-8-18(23)15-19)24-22(28)17-7-5-10-20(14-17)31(29,30)26-11-3-2-4-12-26/h5-10,13-15H,2-4,11-12H2,1H3,(H,24,28). The predicted octanol–water partition coefficient (Wildman–Crippen LogP) is 4.26. The minimum atomic E-state index is -3.62. The van der Waals surface area contributed by atoms with Crippen LogP contribution in [0, 0.1) is 6.92 Å². The molecule has 0 atom stereocenters. The number of nitrogens with zero attached hydrogens (tertiary/aromatic N) is 3. The van der Waals surface area contributed by atoms with E-state index in [-0.39, 0.29) is 10.5 Å². The van der Waals surface area contributed by atoms with Crippen molar-refractivity contribution in [3.05, 3.63) is 70.9 Å². The van der Waals surface area contributed by atoms with Crippen molar-refractivity contribution in [2.75, 3.05) is 18.4 Å². The average molecular weight is 459 g/mol. The number of aromatic nitrogens is 2. The molecule has 0 bridgehead atoms. The van der Waals surface area contributed by atoms with E-state index in [1.807, 2.05) is 13.0 Å². The number of carbonyl (C=O) groups is 1. The fourth-order valence-corrected chi connectivity index (χ4v) is 5.38. The van der Waals surface area contributed by atoms with Gasteiger partial charge in [0.15, 0.2) is 0 Å². The van der Waals surface area contributed by atoms with Crippen LogP contribution in [0.3, 0.4) is 0 Å². The number of hydrogen-bond donors (Lipinski definition) is 1. The second-order valence-electron chi connectivity index (χ2n) is 7.51. The van der Waals surface area contributed by atoms with Gasteiger partial charge in [0.05, 0.1) is 16.3 Å². The molecule has 31 heavy (non-hydrogen) atoms. The summed E-state index contributed by atoms with van der Waals surface area (Å²) in [6, 6.07) is 15.0. The van der Waals surface area contributed by atoms with Crippen molar-refractivity contribution in [1.29, 1.82) is 0 Å². The van der Waals surface area contributed by atoms with E-state index in [1.54, 1.807) is 41.1 Å². The maximum Gasteiger partial charge on any atom is 0.256 e. The first-order valence-corrected chi connectivity index (χ1v) is 11.9. The molecule has 7 nitrogen and oxygen atoms in total. The molecular weight excluding hydrogens is 436 g/mol. The van der Waals surface area contributed by atoms with E-state index in [0.717, 1.165) is 25.0 Å². The summed E-state index contributed by atoms with van der Waals surface area (Å²) in [5.74, 6) is 0.0490. The molecule has 2 aromatic carbocycles. The number of carbonyl (C=O) groups excluding carboxylic acids is 1. The number of amides is 1. The smallest absolute Gasteiger partial charge is 0.256 e. The first-order chi connectivity index (χ1) is 14.8. The lowest BCUT2D eigenvalue weighted by Crippen LogP contribution is -2.35. The van der Waals surface area contributed by atoms with Crippen molar-refractivity contribution in [2.24, 2.45) is 0 Å². The zero-order valence-corrected chi connectivity index (χ0v) is 18.7. The zero-order valence-electron chi connectivity index (χ0n) is 17.1. The maximum absolute atomic E-state index is 13.0. The number of aryl methyl sites for hydroxylation is 1. The summed E-state index contributed by atoms with van der Waals surface area (Å²) in [6.45, 7) is 2.84. The fraction of sp³-hybridized carbons (Fsp3) is 0.273. The first kappa shape index (κ1) is 21.5. The Kier molecular flexibility index (Phi) is 6.13. The van der Waals surface area contributed by atoms with Crippen molar-refractivity contribution in [3.8, 4) is 5.69 Å². The molecule has 0 spiro atoms. The van der Waals surface area contributed by atoms with Crippen LogP contribution in [0.4, 0.5) is 5.82 Å². The van der Waals surface area contributed by atoms with Crippen molar-refractivity contribution in [3.63, 3.8) is 0 Å². The van der Waals surface area contributed by atoms with E-state index in [0.29, 0.717) is 29.6 Å². The Hall–Kier alpha value is -2.68. The second-order valence-corrected chi connectivity index (χ2v) is 9.88. The van der Waals surface area contributed by atoms with Gasteiger partial charge in [-0.15, -0.1) is 0 Å². The van der Waals surface area contributed by atoms with Crippen LogP contribution < -0.4 is 5.32 Å². The summed E-state index contributed by atoms with van der Waals surface area (Å²) < 4.78 is 29.0. The van der Waals surface area contributed by atoms with E-state index in [9.17, 15) is 13.2 Å². The molecule has 0 radical (unpaired) electrons. The molecule has 1 N–H and O–H groups in total. The molecule has 3 aromatic rings. The van der Waals surface area contributed by atoms with E-state index in [4.69, 9.17) is 11.6 Å². The third kappa shape index (κ3) is 4.66. The lowest BCUT2D eigenvalue weighted by Gasteiger charge is -2.26. The summed E-state index contributed by atoms with van der Waals surface area (Å²) >= 11 is 6.09. The topological polar surface area (TPSA) is 84.3 Å². The van der Waals surface area contributed by atoms with Crippen LogP contribution in [0.5, 0.6) is 0 Å². The number of benzene rings is 2. The monoisotopic (exact) mass is 458 g/mol. The number of hydrogen-bond acceptors (Lipinski definition) is 4. The van der Waals surface area contributed by atoms with Crippen molar-refractivity contribution in [2.45, 2.75) is 31.1 Å². The van der Waals surface area contributed by atoms with Gasteiger partial charge in [0.2, 0.25) is 10.0 Å². The summed E-state index contributed by atoms with van der Waals surface area (Å²) in [7, 11) is -3.62. The van der Waals surface area contributed by atoms with Gasteiger partial charge >= 0.3 is 0 Å². The number of sulfonamides is 1. The number of halogens is 1. The molecule has 0 unspecified atom stereocenters. The number of rotatable bonds is 5. The maximum atomic E-state index is 13.0. The molecule has 9 heteroatoms. The van der Waals surface area contributed by atoms with Crippen molar-refractivity contribution < 1.29 is 13.2 Å². The first-order valence-electron chi connectivity index (χ1n) is 10.1. The Labute approximate surface area is 186 Å². The van der Waals surface area contributed by atoms with E-state index < -0.39 is 15.9 Å². The number of nitrogens with one attached hydrogen (secondary N) is 1. The summed E-state index contributed by atoms with van der Waals surface area (Å²) in [4.78, 5) is 13.1. The average Bonchev–Trinajstić information content (AvgIpc) is 3.14. The quantitative estimate of drug-likeness (QED) is 0.619. The van der Waals surface area contributed by atoms with Crippen molar-refractivity contribution in [1.82, 2.24) is 14.1 Å². The molecule has 1 saturated heterocycles. The highest BCUT2D eigenvalue weighted by molar-refractivity contribution is 7.89. The lowest BCUT2D eigenvalue weighted by molar-refractivity contribution is 0.102. The van der Waals surface area contributed by atoms with Gasteiger partial charge in [0, 0.05) is 29.7 Å². The van der Waals surface area contributed by atoms with Gasteiger partial charge < -0.3 is 5.32 Å². The third-order valence-electron chi connectivity index (χ3n) is 5.17. The van der Waals surface area contributed by atoms with Gasteiger partial charge in [-0.05, 0) is 56.2 Å². The number of piperidine rings is 1. The summed E-state index contributed by atoms with van der Waals surface area (Å²) in [5.41, 5.74) is 1.68. The number of anilines is 1. The fourth-order valence-electron chi connectivity index (χ4n) is 3.63. The lowest BCUT2D eigenvalue weighted by atomic mass is 10.2. The Balaban J connectivity index is 1.60. The SMILES string of the molecule is Cc1cc(NC(=O)c2cccc(S(=O)(=O)N3CCCCC3)c2)n(-c2cccc(Cl)c2)n1. The molecule has 1 aliphatic heterocycles. The minimum Gasteiger partial charge on any atom is -0.306 e. The zero-order chi connectivity index (χ0) is 22.0. The van der Waals surface area contributed by atoms with Crippen LogP contribution in [0.1, 0.15) is 35.3 Å². The van der Waals surface area contributed by atoms with Gasteiger partial charge in [0.1, 0.15) is 5.82 Å². The second kappa shape index (κ2) is 8.82. The molecule has 1 fully saturated rings. The highest BCUT2D eigenvalue weighted by Gasteiger charge is 2.26. The van der Waals surface area contributed by atoms with E-state index in [2.05, 4.69) is 10.4 Å². The Morgan fingerprint density at radius 1 is 1.03 bits per heavy atom. The van der Waals surface area contributed by atoms with Crippen LogP contribution in [0.15, 0.2) is 59.5 Å². The minimum absolute atomic E-state index is 0.126. The van der Waals surface area contributed by atoms with Crippen LogP contribution in [0.25, 0.3) is 5.69 Å².